The second-order valence-electron chi connectivity index (χ2n) is 4.50. The van der Waals surface area contributed by atoms with Crippen molar-refractivity contribution in [2.45, 2.75) is 0 Å². The lowest BCUT2D eigenvalue weighted by Crippen LogP contribution is -2.26. The number of aliphatic hydroxyl groups excluding tert-OH is 1. The highest BCUT2D eigenvalue weighted by atomic mass is 32.2. The van der Waals surface area contributed by atoms with Crippen molar-refractivity contribution >= 4 is 32.8 Å². The summed E-state index contributed by atoms with van der Waals surface area (Å²) >= 11 is 0. The summed E-state index contributed by atoms with van der Waals surface area (Å²) < 4.78 is 26.6. The molecule has 0 bridgehead atoms. The summed E-state index contributed by atoms with van der Waals surface area (Å²) in [7, 11) is -0.172. The van der Waals surface area contributed by atoms with Crippen LogP contribution in [-0.4, -0.2) is 65.8 Å². The van der Waals surface area contributed by atoms with E-state index in [0.29, 0.717) is 24.0 Å². The van der Waals surface area contributed by atoms with Crippen LogP contribution in [0.15, 0.2) is 6.20 Å². The summed E-state index contributed by atoms with van der Waals surface area (Å²) in [6.07, 6.45) is 1.63. The van der Waals surface area contributed by atoms with Crippen molar-refractivity contribution in [2.24, 2.45) is 7.05 Å². The van der Waals surface area contributed by atoms with E-state index in [-0.39, 0.29) is 18.9 Å². The molecule has 0 spiro atoms. The van der Waals surface area contributed by atoms with Gasteiger partial charge >= 0.3 is 0 Å². The average Bonchev–Trinajstić information content (AvgIpc) is 2.86. The molecule has 2 rings (SSSR count). The summed E-state index contributed by atoms with van der Waals surface area (Å²) in [4.78, 5) is 8.59. The van der Waals surface area contributed by atoms with Gasteiger partial charge < -0.3 is 15.7 Å². The number of aromatic nitrogens is 4. The predicted octanol–water partition coefficient (Wildman–Crippen LogP) is -1.27. The molecule has 0 saturated carbocycles. The van der Waals surface area contributed by atoms with Crippen LogP contribution in [0, 0.1) is 0 Å². The molecule has 0 amide bonds. The van der Waals surface area contributed by atoms with E-state index in [1.807, 2.05) is 0 Å². The number of rotatable bonds is 8. The van der Waals surface area contributed by atoms with E-state index in [1.54, 1.807) is 17.9 Å². The molecule has 2 heterocycles. The Labute approximate surface area is 128 Å². The van der Waals surface area contributed by atoms with Gasteiger partial charge in [-0.25, -0.2) is 13.1 Å². The Kier molecular flexibility index (Phi) is 5.11. The van der Waals surface area contributed by atoms with Crippen molar-refractivity contribution in [1.82, 2.24) is 24.5 Å². The van der Waals surface area contributed by atoms with Gasteiger partial charge in [-0.05, 0) is 7.05 Å². The van der Waals surface area contributed by atoms with Crippen molar-refractivity contribution in [3.05, 3.63) is 6.20 Å². The van der Waals surface area contributed by atoms with Crippen LogP contribution in [0.5, 0.6) is 0 Å². The number of anilines is 2. The Morgan fingerprint density at radius 3 is 2.73 bits per heavy atom. The zero-order valence-electron chi connectivity index (χ0n) is 12.4. The fourth-order valence-electron chi connectivity index (χ4n) is 1.81. The third-order valence-corrected chi connectivity index (χ3v) is 4.32. The zero-order chi connectivity index (χ0) is 16.2. The molecule has 4 N–H and O–H groups in total. The molecule has 0 aliphatic heterocycles. The second-order valence-corrected chi connectivity index (χ2v) is 6.55. The Balaban J connectivity index is 2.20. The first kappa shape index (κ1) is 16.4. The van der Waals surface area contributed by atoms with Crippen LogP contribution in [0.25, 0.3) is 11.0 Å². The molecule has 0 aromatic carbocycles. The van der Waals surface area contributed by atoms with Crippen molar-refractivity contribution in [3.63, 3.8) is 0 Å². The third kappa shape index (κ3) is 3.81. The van der Waals surface area contributed by atoms with Crippen LogP contribution in [0.1, 0.15) is 0 Å². The van der Waals surface area contributed by atoms with Gasteiger partial charge in [0, 0.05) is 20.1 Å². The first-order chi connectivity index (χ1) is 10.5. The number of hydrogen-bond donors (Lipinski definition) is 4. The van der Waals surface area contributed by atoms with Gasteiger partial charge in [-0.15, -0.1) is 0 Å². The van der Waals surface area contributed by atoms with Gasteiger partial charge in [0.25, 0.3) is 0 Å². The topological polar surface area (TPSA) is 134 Å². The molecule has 11 heteroatoms. The van der Waals surface area contributed by atoms with E-state index in [4.69, 9.17) is 5.11 Å². The Bertz CT molecular complexity index is 743. The monoisotopic (exact) mass is 329 g/mol. The lowest BCUT2D eigenvalue weighted by molar-refractivity contribution is 0.311. The Morgan fingerprint density at radius 1 is 1.27 bits per heavy atom. The van der Waals surface area contributed by atoms with Crippen molar-refractivity contribution < 1.29 is 13.5 Å². The number of fused-ring (bicyclic) bond motifs is 1. The summed E-state index contributed by atoms with van der Waals surface area (Å²) in [5.74, 6) is 0.740. The molecule has 22 heavy (non-hydrogen) atoms. The number of aryl methyl sites for hydroxylation is 1. The fourth-order valence-corrected chi connectivity index (χ4v) is 2.38. The maximum atomic E-state index is 11.4. The number of nitrogens with zero attached hydrogens (tertiary/aromatic N) is 4. The highest BCUT2D eigenvalue weighted by Gasteiger charge is 2.12. The number of nitrogens with one attached hydrogen (secondary N) is 3. The maximum absolute atomic E-state index is 11.4. The Hall–Kier alpha value is -1.98. The van der Waals surface area contributed by atoms with Gasteiger partial charge in [0.1, 0.15) is 5.82 Å². The van der Waals surface area contributed by atoms with Gasteiger partial charge in [-0.3, -0.25) is 4.68 Å². The molecule has 0 atom stereocenters. The maximum Gasteiger partial charge on any atom is 0.226 e. The normalized spacial score (nSPS) is 11.8. The molecular weight excluding hydrogens is 310 g/mol. The van der Waals surface area contributed by atoms with Crippen LogP contribution in [-0.2, 0) is 17.1 Å². The van der Waals surface area contributed by atoms with E-state index < -0.39 is 10.0 Å². The van der Waals surface area contributed by atoms with Gasteiger partial charge in [0.2, 0.25) is 16.0 Å². The average molecular weight is 329 g/mol. The van der Waals surface area contributed by atoms with Crippen LogP contribution < -0.4 is 15.4 Å². The molecule has 0 saturated heterocycles. The smallest absolute Gasteiger partial charge is 0.226 e. The fraction of sp³-hybridized carbons (Fsp3) is 0.545. The molecule has 0 radical (unpaired) electrons. The van der Waals surface area contributed by atoms with Crippen LogP contribution in [0.3, 0.4) is 0 Å². The summed E-state index contributed by atoms with van der Waals surface area (Å²) in [5, 5.41) is 19.6. The van der Waals surface area contributed by atoms with E-state index in [2.05, 4.69) is 30.4 Å². The molecule has 0 aliphatic carbocycles. The van der Waals surface area contributed by atoms with Crippen molar-refractivity contribution in [1.29, 1.82) is 0 Å². The van der Waals surface area contributed by atoms with Gasteiger partial charge in [0.15, 0.2) is 5.65 Å². The molecule has 122 valence electrons. The largest absolute Gasteiger partial charge is 0.395 e. The number of aliphatic hydroxyl groups is 1. The van der Waals surface area contributed by atoms with Gasteiger partial charge in [0.05, 0.1) is 23.9 Å². The predicted molar refractivity (Wildman–Crippen MR) is 83.2 cm³/mol. The molecule has 0 unspecified atom stereocenters. The van der Waals surface area contributed by atoms with E-state index in [0.717, 1.165) is 5.39 Å². The molecule has 0 fully saturated rings. The SMILES string of the molecule is CNS(=O)(=O)CCNc1nc(NCCO)c2cnn(C)c2n1. The zero-order valence-corrected chi connectivity index (χ0v) is 13.2. The molecule has 2 aromatic heterocycles. The Morgan fingerprint density at radius 2 is 2.05 bits per heavy atom. The molecular formula is C11H19N7O3S. The molecule has 0 aliphatic rings. The van der Waals surface area contributed by atoms with Crippen LogP contribution in [0.4, 0.5) is 11.8 Å². The molecule has 10 nitrogen and oxygen atoms in total. The highest BCUT2D eigenvalue weighted by Crippen LogP contribution is 2.20. The lowest BCUT2D eigenvalue weighted by atomic mass is 10.4. The molecule has 2 aromatic rings. The highest BCUT2D eigenvalue weighted by molar-refractivity contribution is 7.89. The number of sulfonamides is 1. The third-order valence-electron chi connectivity index (χ3n) is 2.96. The summed E-state index contributed by atoms with van der Waals surface area (Å²) in [5.41, 5.74) is 0.606. The second kappa shape index (κ2) is 6.85. The minimum Gasteiger partial charge on any atom is -0.395 e. The van der Waals surface area contributed by atoms with Crippen LogP contribution in [0.2, 0.25) is 0 Å². The summed E-state index contributed by atoms with van der Waals surface area (Å²) in [6.45, 7) is 0.482. The quantitative estimate of drug-likeness (QED) is 0.471. The first-order valence-corrected chi connectivity index (χ1v) is 8.31. The van der Waals surface area contributed by atoms with Crippen molar-refractivity contribution in [3.8, 4) is 0 Å². The van der Waals surface area contributed by atoms with Crippen LogP contribution >= 0.6 is 0 Å². The number of hydrogen-bond acceptors (Lipinski definition) is 8. The van der Waals surface area contributed by atoms with E-state index >= 15 is 0 Å². The lowest BCUT2D eigenvalue weighted by Gasteiger charge is -2.09. The minimum absolute atomic E-state index is 0.0328. The minimum atomic E-state index is -3.29. The van der Waals surface area contributed by atoms with Gasteiger partial charge in [-0.1, -0.05) is 0 Å². The van der Waals surface area contributed by atoms with E-state index in [1.165, 1.54) is 7.05 Å². The van der Waals surface area contributed by atoms with E-state index in [9.17, 15) is 8.42 Å². The summed E-state index contributed by atoms with van der Waals surface area (Å²) in [6, 6.07) is 0. The first-order valence-electron chi connectivity index (χ1n) is 6.66. The van der Waals surface area contributed by atoms with Gasteiger partial charge in [-0.2, -0.15) is 15.1 Å². The van der Waals surface area contributed by atoms with Crippen molar-refractivity contribution in [2.75, 3.05) is 43.1 Å². The standard InChI is InChI=1S/C11H19N7O3S/c1-12-22(20,21)6-4-14-11-16-9(13-3-5-19)8-7-15-18(2)10(8)17-11/h7,12,19H,3-6H2,1-2H3,(H2,13,14,16,17).